The first-order chi connectivity index (χ1) is 31.0. The van der Waals surface area contributed by atoms with Gasteiger partial charge in [0.05, 0.1) is 0 Å². The number of carbonyl (C=O) groups is 3. The molecule has 0 radical (unpaired) electrons. The van der Waals surface area contributed by atoms with Crippen LogP contribution in [0.4, 0.5) is 0 Å². The second-order valence-corrected chi connectivity index (χ2v) is 16.3. The van der Waals surface area contributed by atoms with Crippen LogP contribution < -0.4 is 0 Å². The number of esters is 3. The van der Waals surface area contributed by atoms with Crippen LogP contribution in [0.1, 0.15) is 213 Å². The van der Waals surface area contributed by atoms with E-state index in [-0.39, 0.29) is 37.5 Å². The summed E-state index contributed by atoms with van der Waals surface area (Å²) in [5.74, 6) is -0.988. The zero-order valence-electron chi connectivity index (χ0n) is 40.5. The summed E-state index contributed by atoms with van der Waals surface area (Å²) in [6.07, 6.45) is 67.8. The normalized spacial score (nSPS) is 13.0. The Labute approximate surface area is 387 Å². The van der Waals surface area contributed by atoms with Gasteiger partial charge in [0.25, 0.3) is 0 Å². The van der Waals surface area contributed by atoms with Gasteiger partial charge in [-0.3, -0.25) is 14.4 Å². The maximum Gasteiger partial charge on any atom is 0.306 e. The minimum Gasteiger partial charge on any atom is -0.462 e. The molecule has 0 amide bonds. The molecule has 6 nitrogen and oxygen atoms in total. The van der Waals surface area contributed by atoms with Crippen molar-refractivity contribution >= 4 is 17.9 Å². The third-order valence-electron chi connectivity index (χ3n) is 10.2. The first-order valence-electron chi connectivity index (χ1n) is 25.4. The van der Waals surface area contributed by atoms with E-state index in [9.17, 15) is 14.4 Å². The monoisotopic (exact) mass is 873 g/mol. The Morgan fingerprint density at radius 2 is 0.619 bits per heavy atom. The molecule has 0 N–H and O–H groups in total. The predicted octanol–water partition coefficient (Wildman–Crippen LogP) is 16.8. The molecule has 6 heteroatoms. The lowest BCUT2D eigenvalue weighted by Gasteiger charge is -2.18. The molecule has 63 heavy (non-hydrogen) atoms. The van der Waals surface area contributed by atoms with Gasteiger partial charge >= 0.3 is 17.9 Å². The van der Waals surface area contributed by atoms with Crippen LogP contribution in [0.3, 0.4) is 0 Å². The SMILES string of the molecule is CC/C=C\C/C=C\C/C=C\C/C=C\CCCCC(=O)O[C@H](COC(=O)CCCCCCC/C=C\C/C=C\C/C=C\CC)COC(=O)CCCCCCC/C=C\C/C=C\CCCCC. The number of unbranched alkanes of at least 4 members (excludes halogenated alkanes) is 15. The van der Waals surface area contributed by atoms with Crippen molar-refractivity contribution in [1.29, 1.82) is 0 Å². The average molecular weight is 873 g/mol. The van der Waals surface area contributed by atoms with E-state index in [4.69, 9.17) is 14.2 Å². The summed E-state index contributed by atoms with van der Waals surface area (Å²) >= 11 is 0. The molecule has 1 atom stereocenters. The van der Waals surface area contributed by atoms with E-state index >= 15 is 0 Å². The molecule has 0 saturated carbocycles. The molecule has 0 aromatic carbocycles. The highest BCUT2D eigenvalue weighted by molar-refractivity contribution is 5.71. The maximum absolute atomic E-state index is 12.8. The summed E-state index contributed by atoms with van der Waals surface area (Å²) in [7, 11) is 0. The van der Waals surface area contributed by atoms with Gasteiger partial charge in [0.15, 0.2) is 6.10 Å². The first kappa shape index (κ1) is 59.1. The number of hydrogen-bond donors (Lipinski definition) is 0. The maximum atomic E-state index is 12.8. The molecule has 0 aromatic heterocycles. The Kier molecular flexibility index (Phi) is 47.5. The predicted molar refractivity (Wildman–Crippen MR) is 270 cm³/mol. The molecule has 0 bridgehead atoms. The van der Waals surface area contributed by atoms with Crippen molar-refractivity contribution in [2.75, 3.05) is 13.2 Å². The van der Waals surface area contributed by atoms with Crippen molar-refractivity contribution in [1.82, 2.24) is 0 Å². The van der Waals surface area contributed by atoms with E-state index in [1.165, 1.54) is 25.7 Å². The van der Waals surface area contributed by atoms with Crippen LogP contribution in [-0.4, -0.2) is 37.2 Å². The van der Waals surface area contributed by atoms with Crippen molar-refractivity contribution in [3.8, 4) is 0 Å². The number of ether oxygens (including phenoxy) is 3. The topological polar surface area (TPSA) is 78.9 Å². The van der Waals surface area contributed by atoms with Gasteiger partial charge in [0.2, 0.25) is 0 Å². The Balaban J connectivity index is 4.53. The molecule has 0 aliphatic carbocycles. The third kappa shape index (κ3) is 49.0. The molecular formula is C57H92O6. The van der Waals surface area contributed by atoms with Crippen molar-refractivity contribution < 1.29 is 28.6 Å². The van der Waals surface area contributed by atoms with E-state index < -0.39 is 6.10 Å². The van der Waals surface area contributed by atoms with E-state index in [0.29, 0.717) is 19.3 Å². The van der Waals surface area contributed by atoms with Crippen molar-refractivity contribution in [2.45, 2.75) is 219 Å². The zero-order chi connectivity index (χ0) is 45.8. The van der Waals surface area contributed by atoms with Gasteiger partial charge in [0.1, 0.15) is 13.2 Å². The quantitative estimate of drug-likeness (QED) is 0.0263. The molecule has 0 spiro atoms. The molecule has 356 valence electrons. The molecule has 0 aliphatic rings. The number of allylic oxidation sites excluding steroid dienone is 18. The lowest BCUT2D eigenvalue weighted by atomic mass is 10.1. The van der Waals surface area contributed by atoms with Crippen LogP contribution in [0, 0.1) is 0 Å². The van der Waals surface area contributed by atoms with E-state index in [1.54, 1.807) is 0 Å². The zero-order valence-corrected chi connectivity index (χ0v) is 40.5. The van der Waals surface area contributed by atoms with Gasteiger partial charge in [0, 0.05) is 19.3 Å². The standard InChI is InChI=1S/C57H92O6/c1-4-7-10-13-16-19-22-25-28-31-34-37-40-43-46-49-55(58)61-52-54(63-57(60)51-48-45-42-39-36-33-30-27-24-21-18-15-12-9-6-3)53-62-56(59)50-47-44-41-38-35-32-29-26-23-20-17-14-11-8-5-2/h7,9-10,12,16-21,25-30,36,39,54H,4-6,8,11,13-15,22-24,31-35,37-38,40-53H2,1-3H3/b10-7-,12-9-,19-16-,20-17-,21-18-,28-25-,29-26-,30-27-,39-36-/t54-/m1/s1. The van der Waals surface area contributed by atoms with Crippen LogP contribution in [0.15, 0.2) is 109 Å². The van der Waals surface area contributed by atoms with Crippen molar-refractivity contribution in [2.24, 2.45) is 0 Å². The lowest BCUT2D eigenvalue weighted by molar-refractivity contribution is -0.167. The minimum absolute atomic E-state index is 0.110. The molecule has 0 fully saturated rings. The summed E-state index contributed by atoms with van der Waals surface area (Å²) < 4.78 is 16.7. The number of hydrogen-bond acceptors (Lipinski definition) is 6. The van der Waals surface area contributed by atoms with E-state index in [0.717, 1.165) is 141 Å². The smallest absolute Gasteiger partial charge is 0.306 e. The molecule has 0 rings (SSSR count). The largest absolute Gasteiger partial charge is 0.462 e. The summed E-state index contributed by atoms with van der Waals surface area (Å²) in [6.45, 7) is 6.31. The third-order valence-corrected chi connectivity index (χ3v) is 10.2. The second kappa shape index (κ2) is 50.7. The van der Waals surface area contributed by atoms with Gasteiger partial charge in [-0.25, -0.2) is 0 Å². The Bertz CT molecular complexity index is 1330. The highest BCUT2D eigenvalue weighted by Crippen LogP contribution is 2.12. The fraction of sp³-hybridized carbons (Fsp3) is 0.632. The molecule has 0 saturated heterocycles. The highest BCUT2D eigenvalue weighted by atomic mass is 16.6. The van der Waals surface area contributed by atoms with Crippen LogP contribution in [0.25, 0.3) is 0 Å². The minimum atomic E-state index is -0.814. The average Bonchev–Trinajstić information content (AvgIpc) is 3.28. The summed E-state index contributed by atoms with van der Waals surface area (Å²) in [4.78, 5) is 38.0. The molecule has 0 aromatic rings. The Hall–Kier alpha value is -3.93. The van der Waals surface area contributed by atoms with Crippen LogP contribution in [0.5, 0.6) is 0 Å². The highest BCUT2D eigenvalue weighted by Gasteiger charge is 2.19. The van der Waals surface area contributed by atoms with E-state index in [1.807, 2.05) is 0 Å². The fourth-order valence-corrected chi connectivity index (χ4v) is 6.48. The summed E-state index contributed by atoms with van der Waals surface area (Å²) in [6, 6.07) is 0. The van der Waals surface area contributed by atoms with Gasteiger partial charge in [-0.15, -0.1) is 0 Å². The van der Waals surface area contributed by atoms with Gasteiger partial charge in [-0.05, 0) is 122 Å². The molecular weight excluding hydrogens is 781 g/mol. The first-order valence-corrected chi connectivity index (χ1v) is 25.4. The number of rotatable bonds is 44. The van der Waals surface area contributed by atoms with Crippen molar-refractivity contribution in [3.63, 3.8) is 0 Å². The van der Waals surface area contributed by atoms with Crippen LogP contribution in [-0.2, 0) is 28.6 Å². The van der Waals surface area contributed by atoms with Crippen molar-refractivity contribution in [3.05, 3.63) is 109 Å². The summed E-state index contributed by atoms with van der Waals surface area (Å²) in [5.41, 5.74) is 0. The fourth-order valence-electron chi connectivity index (χ4n) is 6.48. The summed E-state index contributed by atoms with van der Waals surface area (Å²) in [5, 5.41) is 0. The van der Waals surface area contributed by atoms with Gasteiger partial charge in [-0.1, -0.05) is 182 Å². The van der Waals surface area contributed by atoms with Gasteiger partial charge < -0.3 is 14.2 Å². The van der Waals surface area contributed by atoms with Crippen LogP contribution >= 0.6 is 0 Å². The Morgan fingerprint density at radius 3 is 1.00 bits per heavy atom. The second-order valence-electron chi connectivity index (χ2n) is 16.3. The van der Waals surface area contributed by atoms with E-state index in [2.05, 4.69) is 130 Å². The Morgan fingerprint density at radius 1 is 0.333 bits per heavy atom. The lowest BCUT2D eigenvalue weighted by Crippen LogP contribution is -2.30. The van der Waals surface area contributed by atoms with Crippen LogP contribution in [0.2, 0.25) is 0 Å². The molecule has 0 unspecified atom stereocenters. The van der Waals surface area contributed by atoms with Gasteiger partial charge in [-0.2, -0.15) is 0 Å². The molecule has 0 aliphatic heterocycles. The number of carbonyl (C=O) groups excluding carboxylic acids is 3. The molecule has 0 heterocycles.